The number of pyridine rings is 1. The predicted molar refractivity (Wildman–Crippen MR) is 101 cm³/mol. The normalized spacial score (nSPS) is 10.8. The molecular formula is C19H15ClN4O. The minimum Gasteiger partial charge on any atom is -0.497 e. The molecule has 5 nitrogen and oxygen atoms in total. The van der Waals surface area contributed by atoms with Crippen molar-refractivity contribution in [3.63, 3.8) is 0 Å². The van der Waals surface area contributed by atoms with Gasteiger partial charge in [0.2, 0.25) is 0 Å². The number of benzene rings is 2. The maximum Gasteiger partial charge on any atom is 0.153 e. The van der Waals surface area contributed by atoms with E-state index in [0.717, 1.165) is 33.7 Å². The van der Waals surface area contributed by atoms with Gasteiger partial charge in [-0.25, -0.2) is 4.98 Å². The van der Waals surface area contributed by atoms with Crippen molar-refractivity contribution in [2.75, 3.05) is 12.4 Å². The highest BCUT2D eigenvalue weighted by molar-refractivity contribution is 6.31. The number of H-pyrrole nitrogens is 1. The summed E-state index contributed by atoms with van der Waals surface area (Å²) in [5, 5.41) is 12.2. The summed E-state index contributed by atoms with van der Waals surface area (Å²) in [5.74, 6) is 2.25. The molecule has 0 unspecified atom stereocenters. The molecule has 0 atom stereocenters. The lowest BCUT2D eigenvalue weighted by Gasteiger charge is -2.04. The third kappa shape index (κ3) is 3.27. The van der Waals surface area contributed by atoms with E-state index in [0.29, 0.717) is 10.8 Å². The van der Waals surface area contributed by atoms with Crippen molar-refractivity contribution in [3.8, 4) is 17.0 Å². The summed E-state index contributed by atoms with van der Waals surface area (Å²) in [5.41, 5.74) is 2.82. The van der Waals surface area contributed by atoms with E-state index in [1.807, 2.05) is 60.7 Å². The number of aromatic amines is 1. The fraction of sp³-hybridized carbons (Fsp3) is 0.0526. The molecule has 2 aromatic carbocycles. The summed E-state index contributed by atoms with van der Waals surface area (Å²) >= 11 is 6.00. The first-order valence-electron chi connectivity index (χ1n) is 7.74. The second-order valence-electron chi connectivity index (χ2n) is 5.55. The first kappa shape index (κ1) is 15.5. The number of hydrogen-bond donors (Lipinski definition) is 2. The van der Waals surface area contributed by atoms with Crippen LogP contribution in [0.3, 0.4) is 0 Å². The Kier molecular flexibility index (Phi) is 3.99. The molecule has 6 heteroatoms. The fourth-order valence-electron chi connectivity index (χ4n) is 2.60. The van der Waals surface area contributed by atoms with Gasteiger partial charge in [-0.15, -0.1) is 0 Å². The zero-order valence-electron chi connectivity index (χ0n) is 13.5. The SMILES string of the molecule is COc1ccc(-c2cc(Nc3ccc4cc(Cl)ccc4n3)n[nH]2)cc1. The van der Waals surface area contributed by atoms with Crippen LogP contribution < -0.4 is 10.1 Å². The quantitative estimate of drug-likeness (QED) is 0.541. The minimum atomic E-state index is 0.700. The van der Waals surface area contributed by atoms with Gasteiger partial charge in [0.25, 0.3) is 0 Å². The Labute approximate surface area is 149 Å². The summed E-state index contributed by atoms with van der Waals surface area (Å²) in [6, 6.07) is 19.2. The Morgan fingerprint density at radius 2 is 1.80 bits per heavy atom. The summed E-state index contributed by atoms with van der Waals surface area (Å²) in [6.07, 6.45) is 0. The second kappa shape index (κ2) is 6.45. The minimum absolute atomic E-state index is 0.700. The van der Waals surface area contributed by atoms with Gasteiger partial charge in [0.05, 0.1) is 18.3 Å². The standard InChI is InChI=1S/C19H15ClN4O/c1-25-15-6-2-12(3-7-15)17-11-19(24-23-17)22-18-9-4-13-10-14(20)5-8-16(13)21-18/h2-11H,1H3,(H2,21,22,23,24). The van der Waals surface area contributed by atoms with Crippen molar-refractivity contribution in [2.24, 2.45) is 0 Å². The van der Waals surface area contributed by atoms with Gasteiger partial charge in [-0.1, -0.05) is 11.6 Å². The van der Waals surface area contributed by atoms with Gasteiger partial charge in [-0.3, -0.25) is 5.10 Å². The molecule has 4 rings (SSSR count). The summed E-state index contributed by atoms with van der Waals surface area (Å²) in [7, 11) is 1.65. The van der Waals surface area contributed by atoms with E-state index in [9.17, 15) is 0 Å². The van der Waals surface area contributed by atoms with E-state index in [-0.39, 0.29) is 0 Å². The monoisotopic (exact) mass is 350 g/mol. The van der Waals surface area contributed by atoms with E-state index in [4.69, 9.17) is 16.3 Å². The number of halogens is 1. The zero-order valence-corrected chi connectivity index (χ0v) is 14.2. The average Bonchev–Trinajstić information content (AvgIpc) is 3.10. The third-order valence-corrected chi connectivity index (χ3v) is 4.12. The Morgan fingerprint density at radius 1 is 0.960 bits per heavy atom. The van der Waals surface area contributed by atoms with Crippen molar-refractivity contribution >= 4 is 34.1 Å². The highest BCUT2D eigenvalue weighted by Crippen LogP contribution is 2.25. The highest BCUT2D eigenvalue weighted by Gasteiger charge is 2.06. The Morgan fingerprint density at radius 3 is 2.60 bits per heavy atom. The number of rotatable bonds is 4. The number of fused-ring (bicyclic) bond motifs is 1. The summed E-state index contributed by atoms with van der Waals surface area (Å²) < 4.78 is 5.18. The van der Waals surface area contributed by atoms with E-state index in [1.54, 1.807) is 7.11 Å². The number of methoxy groups -OCH3 is 1. The molecule has 2 N–H and O–H groups in total. The molecule has 124 valence electrons. The average molecular weight is 351 g/mol. The molecule has 0 aliphatic heterocycles. The van der Waals surface area contributed by atoms with Crippen LogP contribution in [0, 0.1) is 0 Å². The van der Waals surface area contributed by atoms with Crippen LogP contribution in [0.1, 0.15) is 0 Å². The zero-order chi connectivity index (χ0) is 17.2. The van der Waals surface area contributed by atoms with Crippen LogP contribution in [0.5, 0.6) is 5.75 Å². The van der Waals surface area contributed by atoms with Crippen LogP contribution in [0.4, 0.5) is 11.6 Å². The summed E-state index contributed by atoms with van der Waals surface area (Å²) in [6.45, 7) is 0. The van der Waals surface area contributed by atoms with Gasteiger partial charge in [0.15, 0.2) is 5.82 Å². The largest absolute Gasteiger partial charge is 0.497 e. The van der Waals surface area contributed by atoms with Gasteiger partial charge in [0.1, 0.15) is 11.6 Å². The smallest absolute Gasteiger partial charge is 0.153 e. The van der Waals surface area contributed by atoms with Crippen LogP contribution in [0.2, 0.25) is 5.02 Å². The van der Waals surface area contributed by atoms with Crippen LogP contribution in [-0.4, -0.2) is 22.3 Å². The molecule has 2 aromatic heterocycles. The van der Waals surface area contributed by atoms with E-state index >= 15 is 0 Å². The molecular weight excluding hydrogens is 336 g/mol. The molecule has 0 bridgehead atoms. The predicted octanol–water partition coefficient (Wildman–Crippen LogP) is 5.03. The molecule has 2 heterocycles. The molecule has 0 spiro atoms. The number of ether oxygens (including phenoxy) is 1. The molecule has 0 aliphatic rings. The van der Waals surface area contributed by atoms with Crippen LogP contribution >= 0.6 is 11.6 Å². The van der Waals surface area contributed by atoms with Crippen molar-refractivity contribution in [1.82, 2.24) is 15.2 Å². The van der Waals surface area contributed by atoms with Crippen molar-refractivity contribution in [2.45, 2.75) is 0 Å². The van der Waals surface area contributed by atoms with Gasteiger partial charge in [-0.05, 0) is 60.2 Å². The van der Waals surface area contributed by atoms with Crippen molar-refractivity contribution in [3.05, 3.63) is 65.7 Å². The molecule has 0 radical (unpaired) electrons. The van der Waals surface area contributed by atoms with Crippen molar-refractivity contribution in [1.29, 1.82) is 0 Å². The summed E-state index contributed by atoms with van der Waals surface area (Å²) in [4.78, 5) is 4.58. The Balaban J connectivity index is 1.57. The maximum atomic E-state index is 6.00. The first-order valence-corrected chi connectivity index (χ1v) is 8.12. The van der Waals surface area contributed by atoms with Gasteiger partial charge in [-0.2, -0.15) is 5.10 Å². The molecule has 0 saturated heterocycles. The molecule has 4 aromatic rings. The molecule has 25 heavy (non-hydrogen) atoms. The fourth-order valence-corrected chi connectivity index (χ4v) is 2.78. The molecule has 0 fully saturated rings. The number of nitrogens with zero attached hydrogens (tertiary/aromatic N) is 2. The number of nitrogens with one attached hydrogen (secondary N) is 2. The van der Waals surface area contributed by atoms with E-state index in [1.165, 1.54) is 0 Å². The topological polar surface area (TPSA) is 62.8 Å². The van der Waals surface area contributed by atoms with E-state index < -0.39 is 0 Å². The highest BCUT2D eigenvalue weighted by atomic mass is 35.5. The lowest BCUT2D eigenvalue weighted by molar-refractivity contribution is 0.415. The molecule has 0 amide bonds. The Hall–Kier alpha value is -3.05. The molecule has 0 aliphatic carbocycles. The first-order chi connectivity index (χ1) is 12.2. The van der Waals surface area contributed by atoms with Crippen LogP contribution in [-0.2, 0) is 0 Å². The van der Waals surface area contributed by atoms with Crippen LogP contribution in [0.25, 0.3) is 22.2 Å². The maximum absolute atomic E-state index is 6.00. The van der Waals surface area contributed by atoms with Gasteiger partial charge in [0, 0.05) is 16.5 Å². The lowest BCUT2D eigenvalue weighted by atomic mass is 10.1. The number of anilines is 2. The van der Waals surface area contributed by atoms with Crippen molar-refractivity contribution < 1.29 is 4.74 Å². The third-order valence-electron chi connectivity index (χ3n) is 3.89. The number of hydrogen-bond acceptors (Lipinski definition) is 4. The Bertz CT molecular complexity index is 1030. The molecule has 0 saturated carbocycles. The van der Waals surface area contributed by atoms with E-state index in [2.05, 4.69) is 20.5 Å². The second-order valence-corrected chi connectivity index (χ2v) is 5.99. The van der Waals surface area contributed by atoms with Gasteiger partial charge >= 0.3 is 0 Å². The van der Waals surface area contributed by atoms with Crippen LogP contribution in [0.15, 0.2) is 60.7 Å². The number of aromatic nitrogens is 3. The van der Waals surface area contributed by atoms with Gasteiger partial charge < -0.3 is 10.1 Å². The lowest BCUT2D eigenvalue weighted by Crippen LogP contribution is -1.93.